The van der Waals surface area contributed by atoms with Gasteiger partial charge in [-0.3, -0.25) is 29.1 Å². The molecule has 0 spiro atoms. The number of aliphatic hydroxyl groups is 1. The number of benzene rings is 2. The summed E-state index contributed by atoms with van der Waals surface area (Å²) in [5.74, 6) is -0.729. The Labute approximate surface area is 286 Å². The van der Waals surface area contributed by atoms with Gasteiger partial charge < -0.3 is 26.5 Å². The number of hydrogen-bond donors (Lipinski definition) is 5. The molecule has 48 heavy (non-hydrogen) atoms. The Morgan fingerprint density at radius 3 is 2.21 bits per heavy atom. The van der Waals surface area contributed by atoms with Gasteiger partial charge in [-0.1, -0.05) is 84.0 Å². The van der Waals surface area contributed by atoms with Crippen molar-refractivity contribution in [3.05, 3.63) is 77.4 Å². The van der Waals surface area contributed by atoms with E-state index in [9.17, 15) is 19.2 Å². The van der Waals surface area contributed by atoms with E-state index in [1.54, 1.807) is 4.90 Å². The molecule has 0 saturated heterocycles. The maximum atomic E-state index is 13.6. The highest BCUT2D eigenvalue weighted by Crippen LogP contribution is 2.39. The second kappa shape index (κ2) is 20.0. The van der Waals surface area contributed by atoms with E-state index >= 15 is 0 Å². The minimum Gasteiger partial charge on any atom is -0.395 e. The first-order valence-electron chi connectivity index (χ1n) is 16.3. The second-order valence-corrected chi connectivity index (χ2v) is 11.7. The van der Waals surface area contributed by atoms with Crippen LogP contribution in [0.1, 0.15) is 78.9 Å². The van der Waals surface area contributed by atoms with Crippen LogP contribution in [0, 0.1) is 5.92 Å². The lowest BCUT2D eigenvalue weighted by Gasteiger charge is -2.30. The Balaban J connectivity index is 0.00000122. The number of carbonyl (C=O) groups excluding carboxylic acids is 4. The molecule has 0 saturated carbocycles. The number of nitrogens with zero attached hydrogens (tertiary/aromatic N) is 3. The van der Waals surface area contributed by atoms with Gasteiger partial charge in [-0.25, -0.2) is 0 Å². The van der Waals surface area contributed by atoms with Gasteiger partial charge in [0.2, 0.25) is 11.8 Å². The normalized spacial score (nSPS) is 14.4. The molecule has 3 aliphatic rings. The minimum absolute atomic E-state index is 0. The average molecular weight is 666 g/mol. The summed E-state index contributed by atoms with van der Waals surface area (Å²) in [5, 5.41) is 12.6. The number of hydrogen-bond acceptors (Lipinski definition) is 9. The van der Waals surface area contributed by atoms with E-state index in [0.717, 1.165) is 51.6 Å². The van der Waals surface area contributed by atoms with Crippen LogP contribution in [0.5, 0.6) is 0 Å². The molecule has 264 valence electrons. The van der Waals surface area contributed by atoms with Gasteiger partial charge in [-0.2, -0.15) is 0 Å². The predicted octanol–water partition coefficient (Wildman–Crippen LogP) is 3.79. The Morgan fingerprint density at radius 2 is 1.58 bits per heavy atom. The van der Waals surface area contributed by atoms with Gasteiger partial charge in [0.15, 0.2) is 0 Å². The number of nitrogens with one attached hydrogen (secondary N) is 3. The lowest BCUT2D eigenvalue weighted by Crippen LogP contribution is -2.38. The summed E-state index contributed by atoms with van der Waals surface area (Å²) in [4.78, 5) is 52.1. The summed E-state index contributed by atoms with van der Waals surface area (Å²) in [5.41, 5.74) is 17.2. The molecule has 0 radical (unpaired) electrons. The second-order valence-electron chi connectivity index (χ2n) is 11.7. The van der Waals surface area contributed by atoms with E-state index < -0.39 is 11.8 Å². The van der Waals surface area contributed by atoms with Gasteiger partial charge in [0, 0.05) is 63.7 Å². The zero-order valence-corrected chi connectivity index (χ0v) is 27.9. The number of imide groups is 1. The zero-order valence-electron chi connectivity index (χ0n) is 27.9. The molecule has 0 bridgehead atoms. The average Bonchev–Trinajstić information content (AvgIpc) is 3.62. The molecule has 0 aliphatic carbocycles. The first-order valence-corrected chi connectivity index (χ1v) is 16.3. The van der Waals surface area contributed by atoms with E-state index in [2.05, 4.69) is 55.0 Å². The lowest BCUT2D eigenvalue weighted by molar-refractivity contribution is -0.137. The number of carbonyl (C=O) groups is 4. The summed E-state index contributed by atoms with van der Waals surface area (Å²) >= 11 is 0. The molecule has 2 aromatic rings. The highest BCUT2D eigenvalue weighted by atomic mass is 16.3. The highest BCUT2D eigenvalue weighted by Gasteiger charge is 2.32. The van der Waals surface area contributed by atoms with Crippen LogP contribution in [0.4, 0.5) is 5.69 Å². The number of anilines is 1. The van der Waals surface area contributed by atoms with Gasteiger partial charge in [-0.05, 0) is 24.0 Å². The van der Waals surface area contributed by atoms with E-state index in [1.807, 2.05) is 42.5 Å². The van der Waals surface area contributed by atoms with Crippen LogP contribution < -0.4 is 26.9 Å². The van der Waals surface area contributed by atoms with Gasteiger partial charge in [0.25, 0.3) is 11.8 Å². The van der Waals surface area contributed by atoms with Crippen molar-refractivity contribution in [3.8, 4) is 0 Å². The number of hydrazine groups is 2. The molecule has 2 aromatic carbocycles. The summed E-state index contributed by atoms with van der Waals surface area (Å²) in [6.45, 7) is 10.5. The summed E-state index contributed by atoms with van der Waals surface area (Å²) in [6.07, 6.45) is 4.74. The molecule has 4 amide bonds. The van der Waals surface area contributed by atoms with Crippen molar-refractivity contribution in [2.24, 2.45) is 11.7 Å². The molecule has 12 heteroatoms. The van der Waals surface area contributed by atoms with Crippen molar-refractivity contribution in [2.75, 3.05) is 37.7 Å². The fraction of sp³-hybridized carbons (Fsp3) is 0.444. The molecule has 6 N–H and O–H groups in total. The minimum atomic E-state index is -0.419. The number of aliphatic hydroxyl groups excluding tert-OH is 1. The molecule has 0 fully saturated rings. The van der Waals surface area contributed by atoms with Crippen LogP contribution in [0.15, 0.2) is 60.7 Å². The zero-order chi connectivity index (χ0) is 34.3. The topological polar surface area (TPSA) is 160 Å². The van der Waals surface area contributed by atoms with Gasteiger partial charge >= 0.3 is 0 Å². The van der Waals surface area contributed by atoms with Crippen LogP contribution in [0.3, 0.4) is 0 Å². The summed E-state index contributed by atoms with van der Waals surface area (Å²) in [7, 11) is 0. The van der Waals surface area contributed by atoms with Crippen molar-refractivity contribution in [2.45, 2.75) is 67.3 Å². The van der Waals surface area contributed by atoms with Gasteiger partial charge in [0.05, 0.1) is 30.2 Å². The SMILES string of the molecule is C.CC(C)CCN1NNC2=C1c1ccccc1CN(C(=O)CCNC(=O)CCN1C(=O)C=CC1=O)c1ccccc12.CCC.NCCO.[HH]. The van der Waals surface area contributed by atoms with Crippen LogP contribution in [0.25, 0.3) is 11.4 Å². The predicted molar refractivity (Wildman–Crippen MR) is 192 cm³/mol. The van der Waals surface area contributed by atoms with E-state index in [4.69, 9.17) is 10.8 Å². The molecule has 3 heterocycles. The largest absolute Gasteiger partial charge is 0.395 e. The van der Waals surface area contributed by atoms with Crippen molar-refractivity contribution in [1.29, 1.82) is 0 Å². The first-order chi connectivity index (χ1) is 22.7. The molecule has 5 rings (SSSR count). The van der Waals surface area contributed by atoms with E-state index in [0.29, 0.717) is 19.0 Å². The molecule has 0 aromatic heterocycles. The first kappa shape index (κ1) is 39.7. The van der Waals surface area contributed by atoms with E-state index in [-0.39, 0.29) is 53.2 Å². The Morgan fingerprint density at radius 1 is 0.979 bits per heavy atom. The third-order valence-corrected chi connectivity index (χ3v) is 7.37. The van der Waals surface area contributed by atoms with Crippen LogP contribution in [0.2, 0.25) is 0 Å². The number of nitrogens with two attached hydrogens (primary N) is 1. The smallest absolute Gasteiger partial charge is 0.253 e. The standard InChI is InChI=1S/C30H34N6O4.C3H8.C2H7NO.CH4.H2/c1-20(2)14-18-36-30-22-8-4-3-7-21(22)19-35(24-10-6-5-9-23(24)29(30)32-33-36)28(40)13-16-31-25(37)15-17-34-26(38)11-12-27(34)39;1-3-2;3-1-2-4;;/h3-12,20,32-33H,13-19H2,1-2H3,(H,31,37);3H2,1-2H3;4H,1-3H2;1H4;1H. The molecule has 0 unspecified atom stereocenters. The van der Waals surface area contributed by atoms with Crippen molar-refractivity contribution in [1.82, 2.24) is 26.2 Å². The van der Waals surface area contributed by atoms with Crippen molar-refractivity contribution in [3.63, 3.8) is 0 Å². The number of rotatable bonds is 10. The van der Waals surface area contributed by atoms with Gasteiger partial charge in [0.1, 0.15) is 0 Å². The highest BCUT2D eigenvalue weighted by molar-refractivity contribution is 6.13. The van der Waals surface area contributed by atoms with Crippen molar-refractivity contribution >= 4 is 40.7 Å². The maximum absolute atomic E-state index is 13.6. The molecule has 3 aliphatic heterocycles. The molecular weight excluding hydrogens is 610 g/mol. The maximum Gasteiger partial charge on any atom is 0.253 e. The Kier molecular flexibility index (Phi) is 16.5. The molecule has 0 atom stereocenters. The molecular formula is C36H55N7O5. The van der Waals surface area contributed by atoms with E-state index in [1.165, 1.54) is 18.6 Å². The lowest BCUT2D eigenvalue weighted by atomic mass is 9.95. The van der Waals surface area contributed by atoms with Crippen LogP contribution >= 0.6 is 0 Å². The monoisotopic (exact) mass is 665 g/mol. The van der Waals surface area contributed by atoms with Gasteiger partial charge in [-0.15, -0.1) is 5.53 Å². The molecule has 12 nitrogen and oxygen atoms in total. The number of para-hydroxylation sites is 1. The van der Waals surface area contributed by atoms with Crippen LogP contribution in [-0.2, 0) is 25.7 Å². The third-order valence-electron chi connectivity index (χ3n) is 7.37. The Bertz CT molecular complexity index is 1440. The quantitative estimate of drug-likeness (QED) is 0.238. The third kappa shape index (κ3) is 10.5. The summed E-state index contributed by atoms with van der Waals surface area (Å²) in [6, 6.07) is 16.0. The fourth-order valence-corrected chi connectivity index (χ4v) is 5.09. The Hall–Kier alpha value is -4.52. The van der Waals surface area contributed by atoms with Crippen molar-refractivity contribution < 1.29 is 25.7 Å². The summed E-state index contributed by atoms with van der Waals surface area (Å²) < 4.78 is 0. The fourth-order valence-electron chi connectivity index (χ4n) is 5.09. The number of amides is 4. The number of fused-ring (bicyclic) bond motifs is 4. The van der Waals surface area contributed by atoms with Crippen LogP contribution in [-0.4, -0.2) is 71.4 Å².